The quantitative estimate of drug-likeness (QED) is 0.246. The molecule has 1 aliphatic rings. The van der Waals surface area contributed by atoms with Crippen molar-refractivity contribution in [3.63, 3.8) is 0 Å². The minimum atomic E-state index is -3.68. The highest BCUT2D eigenvalue weighted by atomic mass is 79.9. The molecular formula is C29H27BrN2O5S. The van der Waals surface area contributed by atoms with Gasteiger partial charge >= 0.3 is 0 Å². The fourth-order valence-corrected chi connectivity index (χ4v) is 6.37. The lowest BCUT2D eigenvalue weighted by molar-refractivity contribution is 0.0997. The molecule has 1 aromatic heterocycles. The van der Waals surface area contributed by atoms with Gasteiger partial charge in [0.1, 0.15) is 5.58 Å². The second-order valence-corrected chi connectivity index (χ2v) is 12.4. The van der Waals surface area contributed by atoms with Gasteiger partial charge in [-0.1, -0.05) is 47.1 Å². The Hall–Kier alpha value is -3.27. The number of hydrogen-bond acceptors (Lipinski definition) is 6. The fraction of sp³-hybridized carbons (Fsp3) is 0.241. The number of carbonyl (C=O) groups excluding carboxylic acids is 2. The number of furan rings is 1. The molecule has 4 aromatic rings. The molecule has 7 nitrogen and oxygen atoms in total. The summed E-state index contributed by atoms with van der Waals surface area (Å²) >= 11 is 3.37. The predicted octanol–water partition coefficient (Wildman–Crippen LogP) is 6.14. The first-order valence-electron chi connectivity index (χ1n) is 12.4. The zero-order valence-corrected chi connectivity index (χ0v) is 23.2. The van der Waals surface area contributed by atoms with Crippen LogP contribution in [0.15, 0.2) is 86.6 Å². The molecule has 2 heterocycles. The number of fused-ring (bicyclic) bond motifs is 1. The first-order valence-corrected chi connectivity index (χ1v) is 14.7. The molecule has 0 amide bonds. The number of ketones is 2. The molecule has 1 saturated heterocycles. The number of nitrogens with zero attached hydrogens (tertiary/aromatic N) is 1. The Bertz CT molecular complexity index is 1600. The van der Waals surface area contributed by atoms with E-state index in [-0.39, 0.29) is 34.3 Å². The van der Waals surface area contributed by atoms with Crippen LogP contribution < -0.4 is 5.32 Å². The van der Waals surface area contributed by atoms with Crippen LogP contribution in [0.5, 0.6) is 0 Å². The monoisotopic (exact) mass is 594 g/mol. The number of Topliss-reactive ketones (excluding diaryl/α,β-unsaturated/α-hetero) is 1. The van der Waals surface area contributed by atoms with Crippen molar-refractivity contribution in [3.05, 3.63) is 94.2 Å². The van der Waals surface area contributed by atoms with Crippen molar-refractivity contribution in [2.24, 2.45) is 5.92 Å². The zero-order chi connectivity index (χ0) is 26.9. The van der Waals surface area contributed by atoms with Crippen LogP contribution in [-0.2, 0) is 10.0 Å². The lowest BCUT2D eigenvalue weighted by Crippen LogP contribution is -2.37. The van der Waals surface area contributed by atoms with E-state index >= 15 is 0 Å². The van der Waals surface area contributed by atoms with Crippen LogP contribution in [0.25, 0.3) is 11.0 Å². The summed E-state index contributed by atoms with van der Waals surface area (Å²) in [6, 6.07) is 20.3. The van der Waals surface area contributed by atoms with Crippen LogP contribution in [0.2, 0.25) is 0 Å². The van der Waals surface area contributed by atoms with Gasteiger partial charge in [-0.3, -0.25) is 9.59 Å². The number of rotatable bonds is 8. The van der Waals surface area contributed by atoms with E-state index in [1.807, 2.05) is 18.2 Å². The summed E-state index contributed by atoms with van der Waals surface area (Å²) in [7, 11) is -3.68. The molecule has 0 spiro atoms. The van der Waals surface area contributed by atoms with Gasteiger partial charge in [-0.25, -0.2) is 8.42 Å². The smallest absolute Gasteiger partial charge is 0.243 e. The van der Waals surface area contributed by atoms with Crippen LogP contribution in [-0.4, -0.2) is 43.9 Å². The Morgan fingerprint density at radius 1 is 0.974 bits per heavy atom. The van der Waals surface area contributed by atoms with Crippen molar-refractivity contribution in [1.82, 2.24) is 4.31 Å². The van der Waals surface area contributed by atoms with E-state index in [0.717, 1.165) is 17.3 Å². The topological polar surface area (TPSA) is 96.7 Å². The van der Waals surface area contributed by atoms with Gasteiger partial charge < -0.3 is 9.73 Å². The van der Waals surface area contributed by atoms with E-state index in [1.54, 1.807) is 42.5 Å². The number of anilines is 1. The number of carbonyl (C=O) groups is 2. The Morgan fingerprint density at radius 3 is 2.42 bits per heavy atom. The fourth-order valence-electron chi connectivity index (χ4n) is 4.59. The Balaban J connectivity index is 1.38. The molecule has 196 valence electrons. The van der Waals surface area contributed by atoms with Crippen LogP contribution >= 0.6 is 15.9 Å². The van der Waals surface area contributed by atoms with Crippen LogP contribution in [0.4, 0.5) is 5.69 Å². The molecule has 0 bridgehead atoms. The summed E-state index contributed by atoms with van der Waals surface area (Å²) in [4.78, 5) is 26.6. The highest BCUT2D eigenvalue weighted by molar-refractivity contribution is 9.10. The van der Waals surface area contributed by atoms with E-state index in [9.17, 15) is 18.0 Å². The van der Waals surface area contributed by atoms with E-state index < -0.39 is 10.0 Å². The molecule has 1 aliphatic heterocycles. The van der Waals surface area contributed by atoms with Crippen LogP contribution in [0.3, 0.4) is 0 Å². The average Bonchev–Trinajstić information content (AvgIpc) is 3.30. The number of piperidine rings is 1. The third-order valence-corrected chi connectivity index (χ3v) is 9.29. The highest BCUT2D eigenvalue weighted by Crippen LogP contribution is 2.33. The molecule has 0 aliphatic carbocycles. The van der Waals surface area contributed by atoms with Crippen molar-refractivity contribution in [1.29, 1.82) is 0 Å². The van der Waals surface area contributed by atoms with Gasteiger partial charge in [0.05, 0.1) is 17.1 Å². The first-order chi connectivity index (χ1) is 18.2. The zero-order valence-electron chi connectivity index (χ0n) is 20.8. The second kappa shape index (κ2) is 10.8. The number of sulfonamides is 1. The first kappa shape index (κ1) is 26.3. The summed E-state index contributed by atoms with van der Waals surface area (Å²) in [6.07, 6.45) is 1.64. The SMILES string of the molecule is CC1CCN(S(=O)(=O)c2cccc(C(=O)CNc3c(C(=O)c4ccc(Br)cc4)oc4ccccc34)c2)CC1. The summed E-state index contributed by atoms with van der Waals surface area (Å²) in [5, 5.41) is 3.77. The summed E-state index contributed by atoms with van der Waals surface area (Å²) in [5.74, 6) is -0.00817. The van der Waals surface area contributed by atoms with Gasteiger partial charge in [-0.15, -0.1) is 0 Å². The van der Waals surface area contributed by atoms with Gasteiger partial charge in [0.25, 0.3) is 0 Å². The Morgan fingerprint density at radius 2 is 1.68 bits per heavy atom. The van der Waals surface area contributed by atoms with Gasteiger partial charge in [-0.2, -0.15) is 4.31 Å². The number of benzene rings is 3. The van der Waals surface area contributed by atoms with Crippen molar-refractivity contribution in [2.75, 3.05) is 25.0 Å². The predicted molar refractivity (Wildman–Crippen MR) is 150 cm³/mol. The molecule has 5 rings (SSSR count). The maximum absolute atomic E-state index is 13.3. The summed E-state index contributed by atoms with van der Waals surface area (Å²) in [6.45, 7) is 2.93. The normalized spacial score (nSPS) is 15.0. The lowest BCUT2D eigenvalue weighted by Gasteiger charge is -2.29. The molecule has 1 N–H and O–H groups in total. The van der Waals surface area contributed by atoms with E-state index in [1.165, 1.54) is 16.4 Å². The van der Waals surface area contributed by atoms with Crippen molar-refractivity contribution in [3.8, 4) is 0 Å². The van der Waals surface area contributed by atoms with Gasteiger partial charge in [0, 0.05) is 34.1 Å². The van der Waals surface area contributed by atoms with E-state index in [0.29, 0.717) is 41.2 Å². The second-order valence-electron chi connectivity index (χ2n) is 9.53. The Labute approximate surface area is 230 Å². The summed E-state index contributed by atoms with van der Waals surface area (Å²) in [5.41, 5.74) is 1.67. The molecule has 0 radical (unpaired) electrons. The van der Waals surface area contributed by atoms with Crippen molar-refractivity contribution >= 4 is 54.2 Å². The molecular weight excluding hydrogens is 568 g/mol. The largest absolute Gasteiger partial charge is 0.450 e. The Kier molecular flexibility index (Phi) is 7.52. The third kappa shape index (κ3) is 5.32. The van der Waals surface area contributed by atoms with E-state index in [2.05, 4.69) is 28.2 Å². The number of halogens is 1. The van der Waals surface area contributed by atoms with Gasteiger partial charge in [0.15, 0.2) is 11.5 Å². The molecule has 0 atom stereocenters. The van der Waals surface area contributed by atoms with Crippen LogP contribution in [0.1, 0.15) is 46.2 Å². The lowest BCUT2D eigenvalue weighted by atomic mass is 10.0. The molecule has 1 fully saturated rings. The number of nitrogens with one attached hydrogen (secondary N) is 1. The van der Waals surface area contributed by atoms with E-state index in [4.69, 9.17) is 4.42 Å². The maximum atomic E-state index is 13.3. The van der Waals surface area contributed by atoms with Crippen molar-refractivity contribution in [2.45, 2.75) is 24.7 Å². The minimum Gasteiger partial charge on any atom is -0.450 e. The standard InChI is InChI=1S/C29H27BrN2O5S/c1-19-13-15-32(16-14-19)38(35,36)23-6-4-5-21(17-23)25(33)18-31-27-24-7-2-3-8-26(24)37-29(27)28(34)20-9-11-22(30)12-10-20/h2-12,17,19,31H,13-16,18H2,1H3. The molecule has 0 unspecified atom stereocenters. The molecule has 9 heteroatoms. The van der Waals surface area contributed by atoms with Crippen LogP contribution in [0, 0.1) is 5.92 Å². The van der Waals surface area contributed by atoms with Crippen molar-refractivity contribution < 1.29 is 22.4 Å². The highest BCUT2D eigenvalue weighted by Gasteiger charge is 2.29. The number of para-hydroxylation sites is 1. The summed E-state index contributed by atoms with van der Waals surface area (Å²) < 4.78 is 34.6. The van der Waals surface area contributed by atoms with Gasteiger partial charge in [0.2, 0.25) is 15.8 Å². The third-order valence-electron chi connectivity index (χ3n) is 6.87. The number of hydrogen-bond donors (Lipinski definition) is 1. The molecule has 0 saturated carbocycles. The molecule has 38 heavy (non-hydrogen) atoms. The minimum absolute atomic E-state index is 0.108. The molecule has 3 aromatic carbocycles. The maximum Gasteiger partial charge on any atom is 0.243 e. The average molecular weight is 596 g/mol. The van der Waals surface area contributed by atoms with Gasteiger partial charge in [-0.05, 0) is 67.3 Å².